The minimum absolute atomic E-state index is 0.612. The lowest BCUT2D eigenvalue weighted by Crippen LogP contribution is -2.54. The van der Waals surface area contributed by atoms with Gasteiger partial charge in [0, 0.05) is 31.7 Å². The molecule has 3 heterocycles. The molecular formula is C15H29N3. The van der Waals surface area contributed by atoms with Gasteiger partial charge in [-0.3, -0.25) is 4.90 Å². The molecule has 3 aliphatic rings. The minimum atomic E-state index is 0.612. The van der Waals surface area contributed by atoms with Gasteiger partial charge in [0.2, 0.25) is 0 Å². The molecule has 18 heavy (non-hydrogen) atoms. The highest BCUT2D eigenvalue weighted by molar-refractivity contribution is 4.96. The SMILES string of the molecule is CC1CC(N2CCCC3(CCCNC3)C2)CN1C. The third kappa shape index (κ3) is 2.45. The molecule has 0 saturated carbocycles. The van der Waals surface area contributed by atoms with E-state index in [9.17, 15) is 0 Å². The van der Waals surface area contributed by atoms with Crippen LogP contribution in [0.2, 0.25) is 0 Å². The molecule has 3 fully saturated rings. The van der Waals surface area contributed by atoms with Gasteiger partial charge in [0.05, 0.1) is 0 Å². The fourth-order valence-corrected chi connectivity index (χ4v) is 4.36. The topological polar surface area (TPSA) is 18.5 Å². The molecule has 0 bridgehead atoms. The summed E-state index contributed by atoms with van der Waals surface area (Å²) in [6.07, 6.45) is 7.08. The first-order valence-electron chi connectivity index (χ1n) is 7.84. The molecule has 3 heteroatoms. The fourth-order valence-electron chi connectivity index (χ4n) is 4.36. The maximum atomic E-state index is 3.64. The Kier molecular flexibility index (Phi) is 3.65. The van der Waals surface area contributed by atoms with Gasteiger partial charge in [-0.25, -0.2) is 0 Å². The van der Waals surface area contributed by atoms with Crippen LogP contribution in [0.5, 0.6) is 0 Å². The van der Waals surface area contributed by atoms with Crippen molar-refractivity contribution in [2.45, 2.75) is 51.1 Å². The van der Waals surface area contributed by atoms with Crippen LogP contribution < -0.4 is 5.32 Å². The van der Waals surface area contributed by atoms with Crippen LogP contribution in [0.3, 0.4) is 0 Å². The van der Waals surface area contributed by atoms with E-state index in [0.717, 1.165) is 12.1 Å². The fraction of sp³-hybridized carbons (Fsp3) is 1.00. The average molecular weight is 251 g/mol. The van der Waals surface area contributed by atoms with Crippen LogP contribution in [0.15, 0.2) is 0 Å². The predicted octanol–water partition coefficient (Wildman–Crippen LogP) is 1.54. The van der Waals surface area contributed by atoms with Gasteiger partial charge in [0.25, 0.3) is 0 Å². The van der Waals surface area contributed by atoms with Gasteiger partial charge in [-0.15, -0.1) is 0 Å². The van der Waals surface area contributed by atoms with Gasteiger partial charge in [0.15, 0.2) is 0 Å². The zero-order valence-corrected chi connectivity index (χ0v) is 12.1. The number of piperidine rings is 2. The molecule has 3 atom stereocenters. The summed E-state index contributed by atoms with van der Waals surface area (Å²) in [6.45, 7) is 8.86. The monoisotopic (exact) mass is 251 g/mol. The second-order valence-electron chi connectivity index (χ2n) is 7.03. The molecule has 0 aliphatic carbocycles. The highest BCUT2D eigenvalue weighted by Gasteiger charge is 2.40. The van der Waals surface area contributed by atoms with Crippen molar-refractivity contribution in [1.29, 1.82) is 0 Å². The van der Waals surface area contributed by atoms with Crippen LogP contribution in [0.4, 0.5) is 0 Å². The van der Waals surface area contributed by atoms with Crippen LogP contribution in [-0.2, 0) is 0 Å². The molecule has 0 amide bonds. The molecule has 0 aromatic carbocycles. The van der Waals surface area contributed by atoms with Gasteiger partial charge in [-0.1, -0.05) is 0 Å². The van der Waals surface area contributed by atoms with Crippen LogP contribution in [0.25, 0.3) is 0 Å². The molecule has 3 unspecified atom stereocenters. The van der Waals surface area contributed by atoms with Gasteiger partial charge in [-0.2, -0.15) is 0 Å². The summed E-state index contributed by atoms with van der Waals surface area (Å²) >= 11 is 0. The third-order valence-corrected chi connectivity index (χ3v) is 5.63. The number of likely N-dealkylation sites (tertiary alicyclic amines) is 2. The summed E-state index contributed by atoms with van der Waals surface area (Å²) in [5.74, 6) is 0. The smallest absolute Gasteiger partial charge is 0.0238 e. The zero-order valence-electron chi connectivity index (χ0n) is 12.1. The third-order valence-electron chi connectivity index (χ3n) is 5.63. The van der Waals surface area contributed by atoms with Crippen LogP contribution in [0, 0.1) is 5.41 Å². The van der Waals surface area contributed by atoms with Crippen molar-refractivity contribution in [3.05, 3.63) is 0 Å². The van der Waals surface area contributed by atoms with E-state index in [2.05, 4.69) is 29.1 Å². The van der Waals surface area contributed by atoms with Gasteiger partial charge >= 0.3 is 0 Å². The molecular weight excluding hydrogens is 222 g/mol. The lowest BCUT2D eigenvalue weighted by Gasteiger charge is -2.47. The van der Waals surface area contributed by atoms with Gasteiger partial charge in [0.1, 0.15) is 0 Å². The highest BCUT2D eigenvalue weighted by atomic mass is 15.3. The number of nitrogens with zero attached hydrogens (tertiary/aromatic N) is 2. The Morgan fingerprint density at radius 3 is 2.72 bits per heavy atom. The molecule has 0 aromatic rings. The number of hydrogen-bond donors (Lipinski definition) is 1. The second kappa shape index (κ2) is 5.10. The first-order chi connectivity index (χ1) is 8.69. The van der Waals surface area contributed by atoms with Crippen molar-refractivity contribution in [1.82, 2.24) is 15.1 Å². The lowest BCUT2D eigenvalue weighted by molar-refractivity contribution is 0.0400. The summed E-state index contributed by atoms with van der Waals surface area (Å²) in [5, 5.41) is 3.64. The standard InChI is InChI=1S/C15H29N3/c1-13-9-14(10-17(13)2)18-8-4-6-15(12-18)5-3-7-16-11-15/h13-14,16H,3-12H2,1-2H3. The average Bonchev–Trinajstić information content (AvgIpc) is 2.71. The Hall–Kier alpha value is -0.120. The minimum Gasteiger partial charge on any atom is -0.316 e. The van der Waals surface area contributed by atoms with E-state index in [1.165, 1.54) is 64.8 Å². The predicted molar refractivity (Wildman–Crippen MR) is 75.8 cm³/mol. The molecule has 104 valence electrons. The number of rotatable bonds is 1. The number of likely N-dealkylation sites (N-methyl/N-ethyl adjacent to an activating group) is 1. The van der Waals surface area contributed by atoms with E-state index < -0.39 is 0 Å². The summed E-state index contributed by atoms with van der Waals surface area (Å²) in [6, 6.07) is 1.60. The van der Waals surface area contributed by atoms with Crippen molar-refractivity contribution in [2.24, 2.45) is 5.41 Å². The quantitative estimate of drug-likeness (QED) is 0.763. The Morgan fingerprint density at radius 1 is 1.22 bits per heavy atom. The van der Waals surface area contributed by atoms with E-state index in [4.69, 9.17) is 0 Å². The largest absolute Gasteiger partial charge is 0.316 e. The summed E-state index contributed by atoms with van der Waals surface area (Å²) < 4.78 is 0. The maximum Gasteiger partial charge on any atom is 0.0238 e. The molecule has 3 rings (SSSR count). The molecule has 1 spiro atoms. The van der Waals surface area contributed by atoms with Crippen LogP contribution in [0.1, 0.15) is 39.0 Å². The maximum absolute atomic E-state index is 3.64. The van der Waals surface area contributed by atoms with E-state index >= 15 is 0 Å². The van der Waals surface area contributed by atoms with Crippen LogP contribution in [-0.4, -0.2) is 61.7 Å². The molecule has 3 nitrogen and oxygen atoms in total. The second-order valence-corrected chi connectivity index (χ2v) is 7.03. The Bertz CT molecular complexity index is 270. The van der Waals surface area contributed by atoms with Crippen molar-refractivity contribution < 1.29 is 0 Å². The van der Waals surface area contributed by atoms with E-state index in [-0.39, 0.29) is 0 Å². The van der Waals surface area contributed by atoms with Crippen molar-refractivity contribution >= 4 is 0 Å². The normalized spacial score (nSPS) is 43.7. The van der Waals surface area contributed by atoms with Crippen molar-refractivity contribution in [3.63, 3.8) is 0 Å². The van der Waals surface area contributed by atoms with E-state index in [1.807, 2.05) is 0 Å². The summed E-state index contributed by atoms with van der Waals surface area (Å²) in [7, 11) is 2.28. The molecule has 3 aliphatic heterocycles. The first-order valence-corrected chi connectivity index (χ1v) is 7.84. The molecule has 0 radical (unpaired) electrons. The molecule has 0 aromatic heterocycles. The van der Waals surface area contributed by atoms with Gasteiger partial charge in [-0.05, 0) is 64.6 Å². The molecule has 1 N–H and O–H groups in total. The first kappa shape index (κ1) is 12.9. The van der Waals surface area contributed by atoms with E-state index in [1.54, 1.807) is 0 Å². The van der Waals surface area contributed by atoms with Gasteiger partial charge < -0.3 is 10.2 Å². The zero-order chi connectivity index (χ0) is 12.6. The Labute approximate surface area is 112 Å². The number of nitrogens with one attached hydrogen (secondary N) is 1. The lowest BCUT2D eigenvalue weighted by atomic mass is 9.74. The molecule has 3 saturated heterocycles. The van der Waals surface area contributed by atoms with Crippen molar-refractivity contribution in [2.75, 3.05) is 39.8 Å². The van der Waals surface area contributed by atoms with E-state index in [0.29, 0.717) is 5.41 Å². The highest BCUT2D eigenvalue weighted by Crippen LogP contribution is 2.37. The Balaban J connectivity index is 1.63. The van der Waals surface area contributed by atoms with Crippen molar-refractivity contribution in [3.8, 4) is 0 Å². The van der Waals surface area contributed by atoms with Crippen LogP contribution >= 0.6 is 0 Å². The Morgan fingerprint density at radius 2 is 2.06 bits per heavy atom. The number of hydrogen-bond acceptors (Lipinski definition) is 3. The summed E-state index contributed by atoms with van der Waals surface area (Å²) in [5.41, 5.74) is 0.612. The summed E-state index contributed by atoms with van der Waals surface area (Å²) in [4.78, 5) is 5.35.